The molecule has 0 aliphatic carbocycles. The van der Waals surface area contributed by atoms with Crippen LogP contribution in [0.25, 0.3) is 0 Å². The Morgan fingerprint density at radius 2 is 2.00 bits per heavy atom. The van der Waals surface area contributed by atoms with Crippen molar-refractivity contribution in [1.29, 1.82) is 0 Å². The fourth-order valence-electron chi connectivity index (χ4n) is 2.02. The number of amidine groups is 1. The lowest BCUT2D eigenvalue weighted by Gasteiger charge is -2.28. The third-order valence-corrected chi connectivity index (χ3v) is 2.69. The average molecular weight is 218 g/mol. The van der Waals surface area contributed by atoms with Crippen LogP contribution in [0.15, 0.2) is 35.3 Å². The summed E-state index contributed by atoms with van der Waals surface area (Å²) in [6, 6.07) is 10.3. The molecule has 0 saturated heterocycles. The minimum atomic E-state index is -0.842. The smallest absolute Gasteiger partial charge is 0.131 e. The maximum atomic E-state index is 9.99. The molecule has 3 nitrogen and oxygen atoms in total. The Balaban J connectivity index is 2.09. The average Bonchev–Trinajstić information content (AvgIpc) is 2.67. The summed E-state index contributed by atoms with van der Waals surface area (Å²) < 4.78 is 0. The summed E-state index contributed by atoms with van der Waals surface area (Å²) in [5, 5.41) is 9.99. The Kier molecular flexibility index (Phi) is 2.97. The van der Waals surface area contributed by atoms with Crippen LogP contribution in [0.4, 0.5) is 0 Å². The van der Waals surface area contributed by atoms with E-state index in [9.17, 15) is 5.11 Å². The van der Waals surface area contributed by atoms with Gasteiger partial charge in [0.1, 0.15) is 11.4 Å². The maximum absolute atomic E-state index is 9.99. The highest BCUT2D eigenvalue weighted by atomic mass is 16.3. The molecule has 0 aromatic heterocycles. The van der Waals surface area contributed by atoms with Gasteiger partial charge in [-0.15, -0.1) is 0 Å². The normalized spacial score (nSPS) is 16.4. The molecule has 0 bridgehead atoms. The molecule has 1 aliphatic rings. The first-order valence-electron chi connectivity index (χ1n) is 5.63. The zero-order chi connectivity index (χ0) is 11.6. The Morgan fingerprint density at radius 3 is 2.62 bits per heavy atom. The Bertz CT molecular complexity index is 379. The molecule has 1 heterocycles. The van der Waals surface area contributed by atoms with Gasteiger partial charge in [0.15, 0.2) is 0 Å². The van der Waals surface area contributed by atoms with Gasteiger partial charge >= 0.3 is 0 Å². The minimum absolute atomic E-state index is 0.784. The topological polar surface area (TPSA) is 35.8 Å². The number of hydrogen-bond acceptors (Lipinski definition) is 3. The van der Waals surface area contributed by atoms with Crippen LogP contribution in [0.1, 0.15) is 19.4 Å². The highest BCUT2D eigenvalue weighted by Gasteiger charge is 2.29. The van der Waals surface area contributed by atoms with E-state index in [2.05, 4.69) is 22.0 Å². The summed E-state index contributed by atoms with van der Waals surface area (Å²) in [6.45, 7) is 6.08. The first-order chi connectivity index (χ1) is 7.57. The number of rotatable bonds is 3. The van der Waals surface area contributed by atoms with Crippen LogP contribution in [-0.2, 0) is 6.54 Å². The monoisotopic (exact) mass is 218 g/mol. The van der Waals surface area contributed by atoms with Crippen molar-refractivity contribution in [3.63, 3.8) is 0 Å². The second-order valence-corrected chi connectivity index (χ2v) is 4.67. The van der Waals surface area contributed by atoms with E-state index in [4.69, 9.17) is 0 Å². The molecule has 86 valence electrons. The quantitative estimate of drug-likeness (QED) is 0.837. The van der Waals surface area contributed by atoms with Gasteiger partial charge in [-0.1, -0.05) is 30.3 Å². The molecule has 16 heavy (non-hydrogen) atoms. The molecular weight excluding hydrogens is 200 g/mol. The van der Waals surface area contributed by atoms with Crippen molar-refractivity contribution in [3.05, 3.63) is 35.9 Å². The van der Waals surface area contributed by atoms with E-state index in [-0.39, 0.29) is 0 Å². The number of benzene rings is 1. The Labute approximate surface area is 96.4 Å². The molecule has 0 saturated carbocycles. The van der Waals surface area contributed by atoms with Crippen molar-refractivity contribution < 1.29 is 5.11 Å². The van der Waals surface area contributed by atoms with E-state index in [0.29, 0.717) is 0 Å². The van der Waals surface area contributed by atoms with Crippen molar-refractivity contribution in [2.24, 2.45) is 4.99 Å². The summed E-state index contributed by atoms with van der Waals surface area (Å²) in [5.74, 6) is 0.802. The van der Waals surface area contributed by atoms with Crippen molar-refractivity contribution in [2.45, 2.75) is 26.0 Å². The van der Waals surface area contributed by atoms with E-state index in [1.165, 1.54) is 5.56 Å². The molecule has 1 aliphatic heterocycles. The van der Waals surface area contributed by atoms with Gasteiger partial charge in [-0.3, -0.25) is 4.99 Å². The largest absolute Gasteiger partial charge is 0.383 e. The zero-order valence-electron chi connectivity index (χ0n) is 9.85. The molecule has 0 atom stereocenters. The van der Waals surface area contributed by atoms with Crippen molar-refractivity contribution in [1.82, 2.24) is 4.90 Å². The van der Waals surface area contributed by atoms with Crippen LogP contribution in [0, 0.1) is 0 Å². The minimum Gasteiger partial charge on any atom is -0.383 e. The van der Waals surface area contributed by atoms with Crippen molar-refractivity contribution in [3.8, 4) is 0 Å². The predicted molar refractivity (Wildman–Crippen MR) is 65.5 cm³/mol. The van der Waals surface area contributed by atoms with Gasteiger partial charge in [0.05, 0.1) is 6.54 Å². The van der Waals surface area contributed by atoms with E-state index in [1.807, 2.05) is 18.2 Å². The molecule has 0 fully saturated rings. The molecule has 1 aromatic carbocycles. The van der Waals surface area contributed by atoms with Gasteiger partial charge in [0.25, 0.3) is 0 Å². The van der Waals surface area contributed by atoms with E-state index in [1.54, 1.807) is 13.8 Å². The summed E-state index contributed by atoms with van der Waals surface area (Å²) in [4.78, 5) is 6.53. The highest BCUT2D eigenvalue weighted by molar-refractivity contribution is 5.90. The van der Waals surface area contributed by atoms with E-state index < -0.39 is 5.60 Å². The van der Waals surface area contributed by atoms with Crippen LogP contribution in [-0.4, -0.2) is 34.5 Å². The lowest BCUT2D eigenvalue weighted by molar-refractivity contribution is 0.138. The van der Waals surface area contributed by atoms with Crippen LogP contribution in [0.2, 0.25) is 0 Å². The Morgan fingerprint density at radius 1 is 1.31 bits per heavy atom. The predicted octanol–water partition coefficient (Wildman–Crippen LogP) is 1.67. The fraction of sp³-hybridized carbons (Fsp3) is 0.462. The third-order valence-electron chi connectivity index (χ3n) is 2.69. The number of hydrogen-bond donors (Lipinski definition) is 1. The molecule has 2 rings (SSSR count). The lowest BCUT2D eigenvalue weighted by atomic mass is 10.1. The third kappa shape index (κ3) is 2.42. The molecule has 0 amide bonds. The van der Waals surface area contributed by atoms with Crippen molar-refractivity contribution >= 4 is 5.84 Å². The van der Waals surface area contributed by atoms with Crippen molar-refractivity contribution in [2.75, 3.05) is 13.1 Å². The van der Waals surface area contributed by atoms with E-state index in [0.717, 1.165) is 25.5 Å². The Hall–Kier alpha value is -1.35. The zero-order valence-corrected chi connectivity index (χ0v) is 9.85. The van der Waals surface area contributed by atoms with Gasteiger partial charge in [0.2, 0.25) is 0 Å². The number of aliphatic imine (C=N–C) groups is 1. The van der Waals surface area contributed by atoms with Gasteiger partial charge in [-0.25, -0.2) is 0 Å². The van der Waals surface area contributed by atoms with Crippen LogP contribution >= 0.6 is 0 Å². The van der Waals surface area contributed by atoms with Crippen LogP contribution in [0.3, 0.4) is 0 Å². The molecule has 0 unspecified atom stereocenters. The second kappa shape index (κ2) is 4.26. The first kappa shape index (κ1) is 11.1. The van der Waals surface area contributed by atoms with Gasteiger partial charge in [0, 0.05) is 13.1 Å². The fourth-order valence-corrected chi connectivity index (χ4v) is 2.02. The summed E-state index contributed by atoms with van der Waals surface area (Å²) in [5.41, 5.74) is 0.409. The summed E-state index contributed by atoms with van der Waals surface area (Å²) in [7, 11) is 0. The summed E-state index contributed by atoms with van der Waals surface area (Å²) >= 11 is 0. The van der Waals surface area contributed by atoms with Gasteiger partial charge < -0.3 is 10.0 Å². The maximum Gasteiger partial charge on any atom is 0.131 e. The highest BCUT2D eigenvalue weighted by Crippen LogP contribution is 2.17. The first-order valence-corrected chi connectivity index (χ1v) is 5.63. The van der Waals surface area contributed by atoms with Crippen LogP contribution < -0.4 is 0 Å². The summed E-state index contributed by atoms with van der Waals surface area (Å²) in [6.07, 6.45) is 0. The van der Waals surface area contributed by atoms with Crippen LogP contribution in [0.5, 0.6) is 0 Å². The standard InChI is InChI=1S/C13H18N2O/c1-13(2,16)12-14-8-9-15(12)10-11-6-4-3-5-7-11/h3-7,16H,8-10H2,1-2H3. The van der Waals surface area contributed by atoms with E-state index >= 15 is 0 Å². The lowest BCUT2D eigenvalue weighted by Crippen LogP contribution is -2.42. The van der Waals surface area contributed by atoms with Gasteiger partial charge in [-0.2, -0.15) is 0 Å². The van der Waals surface area contributed by atoms with Gasteiger partial charge in [-0.05, 0) is 19.4 Å². The molecule has 0 radical (unpaired) electrons. The molecule has 3 heteroatoms. The molecule has 1 N–H and O–H groups in total. The second-order valence-electron chi connectivity index (χ2n) is 4.67. The molecular formula is C13H18N2O. The number of aliphatic hydroxyl groups is 1. The number of nitrogens with zero attached hydrogens (tertiary/aromatic N) is 2. The molecule has 0 spiro atoms. The molecule has 1 aromatic rings. The SMILES string of the molecule is CC(C)(O)C1=NCCN1Cc1ccccc1.